The van der Waals surface area contributed by atoms with Gasteiger partial charge in [-0.15, -0.1) is 0 Å². The lowest BCUT2D eigenvalue weighted by Crippen LogP contribution is -2.35. The van der Waals surface area contributed by atoms with Crippen molar-refractivity contribution in [2.45, 2.75) is 44.7 Å². The van der Waals surface area contributed by atoms with Crippen LogP contribution in [0.3, 0.4) is 0 Å². The molecule has 100 valence electrons. The molecule has 1 aromatic carbocycles. The summed E-state index contributed by atoms with van der Waals surface area (Å²) in [6.45, 7) is 2.98. The van der Waals surface area contributed by atoms with Crippen LogP contribution in [-0.2, 0) is 6.42 Å². The zero-order valence-corrected chi connectivity index (χ0v) is 11.1. The molecular formula is C15H23NO2. The minimum atomic E-state index is 0.172. The summed E-state index contributed by atoms with van der Waals surface area (Å²) >= 11 is 0. The molecule has 0 spiro atoms. The van der Waals surface area contributed by atoms with Gasteiger partial charge in [-0.3, -0.25) is 0 Å². The molecule has 0 saturated heterocycles. The molecule has 1 saturated carbocycles. The third kappa shape index (κ3) is 4.00. The monoisotopic (exact) mass is 249 g/mol. The van der Waals surface area contributed by atoms with Crippen LogP contribution in [0.25, 0.3) is 0 Å². The van der Waals surface area contributed by atoms with Gasteiger partial charge in [0.25, 0.3) is 0 Å². The second-order valence-electron chi connectivity index (χ2n) is 4.92. The SMILES string of the molecule is CCc1ccccc1OCCC(CO)NC1CC1. The smallest absolute Gasteiger partial charge is 0.122 e. The van der Waals surface area contributed by atoms with Crippen molar-refractivity contribution in [2.24, 2.45) is 0 Å². The summed E-state index contributed by atoms with van der Waals surface area (Å²) in [6.07, 6.45) is 4.33. The molecule has 2 N–H and O–H groups in total. The highest BCUT2D eigenvalue weighted by molar-refractivity contribution is 5.33. The average Bonchev–Trinajstić information content (AvgIpc) is 3.22. The molecule has 1 aromatic rings. The number of para-hydroxylation sites is 1. The molecule has 3 nitrogen and oxygen atoms in total. The predicted molar refractivity (Wildman–Crippen MR) is 73.0 cm³/mol. The Kier molecular flexibility index (Phi) is 5.02. The molecule has 0 aliphatic heterocycles. The number of nitrogens with one attached hydrogen (secondary N) is 1. The van der Waals surface area contributed by atoms with Crippen molar-refractivity contribution in [3.8, 4) is 5.75 Å². The Morgan fingerprint density at radius 3 is 2.83 bits per heavy atom. The van der Waals surface area contributed by atoms with Gasteiger partial charge in [0.05, 0.1) is 13.2 Å². The van der Waals surface area contributed by atoms with Gasteiger partial charge in [-0.1, -0.05) is 25.1 Å². The summed E-state index contributed by atoms with van der Waals surface area (Å²) in [4.78, 5) is 0. The molecule has 0 heterocycles. The van der Waals surface area contributed by atoms with Crippen molar-refractivity contribution in [1.82, 2.24) is 5.32 Å². The predicted octanol–water partition coefficient (Wildman–Crippen LogP) is 2.13. The van der Waals surface area contributed by atoms with Gasteiger partial charge in [0, 0.05) is 12.1 Å². The molecule has 1 fully saturated rings. The molecule has 1 aliphatic carbocycles. The summed E-state index contributed by atoms with van der Waals surface area (Å²) in [7, 11) is 0. The van der Waals surface area contributed by atoms with E-state index in [4.69, 9.17) is 4.74 Å². The Morgan fingerprint density at radius 1 is 1.39 bits per heavy atom. The van der Waals surface area contributed by atoms with Gasteiger partial charge in [-0.05, 0) is 37.3 Å². The van der Waals surface area contributed by atoms with Crippen molar-refractivity contribution in [3.05, 3.63) is 29.8 Å². The summed E-state index contributed by atoms with van der Waals surface area (Å²) < 4.78 is 5.81. The minimum Gasteiger partial charge on any atom is -0.493 e. The van der Waals surface area contributed by atoms with Crippen molar-refractivity contribution < 1.29 is 9.84 Å². The fourth-order valence-electron chi connectivity index (χ4n) is 2.06. The van der Waals surface area contributed by atoms with E-state index in [1.54, 1.807) is 0 Å². The average molecular weight is 249 g/mol. The topological polar surface area (TPSA) is 41.5 Å². The van der Waals surface area contributed by atoms with Gasteiger partial charge in [0.15, 0.2) is 0 Å². The second-order valence-corrected chi connectivity index (χ2v) is 4.92. The largest absolute Gasteiger partial charge is 0.493 e. The fraction of sp³-hybridized carbons (Fsp3) is 0.600. The van der Waals surface area contributed by atoms with Crippen LogP contribution in [0.1, 0.15) is 31.7 Å². The van der Waals surface area contributed by atoms with E-state index in [1.807, 2.05) is 18.2 Å². The molecular weight excluding hydrogens is 226 g/mol. The molecule has 1 unspecified atom stereocenters. The third-order valence-corrected chi connectivity index (χ3v) is 3.35. The Morgan fingerprint density at radius 2 is 2.17 bits per heavy atom. The molecule has 0 bridgehead atoms. The number of hydrogen-bond acceptors (Lipinski definition) is 3. The number of aryl methyl sites for hydroxylation is 1. The molecule has 1 atom stereocenters. The van der Waals surface area contributed by atoms with Crippen LogP contribution in [-0.4, -0.2) is 30.4 Å². The maximum absolute atomic E-state index is 9.28. The van der Waals surface area contributed by atoms with Gasteiger partial charge in [0.2, 0.25) is 0 Å². The van der Waals surface area contributed by atoms with E-state index in [0.717, 1.165) is 18.6 Å². The van der Waals surface area contributed by atoms with E-state index in [0.29, 0.717) is 12.6 Å². The van der Waals surface area contributed by atoms with E-state index in [2.05, 4.69) is 18.3 Å². The Labute approximate surface area is 109 Å². The Hall–Kier alpha value is -1.06. The maximum Gasteiger partial charge on any atom is 0.122 e. The molecule has 0 amide bonds. The van der Waals surface area contributed by atoms with Gasteiger partial charge in [-0.25, -0.2) is 0 Å². The minimum absolute atomic E-state index is 0.172. The highest BCUT2D eigenvalue weighted by Crippen LogP contribution is 2.21. The first-order valence-electron chi connectivity index (χ1n) is 6.91. The van der Waals surface area contributed by atoms with Crippen LogP contribution < -0.4 is 10.1 Å². The van der Waals surface area contributed by atoms with Gasteiger partial charge in [-0.2, -0.15) is 0 Å². The van der Waals surface area contributed by atoms with Crippen LogP contribution in [0.5, 0.6) is 5.75 Å². The van der Waals surface area contributed by atoms with Gasteiger partial charge >= 0.3 is 0 Å². The van der Waals surface area contributed by atoms with Crippen molar-refractivity contribution in [1.29, 1.82) is 0 Å². The summed E-state index contributed by atoms with van der Waals surface area (Å²) in [5.41, 5.74) is 1.24. The first-order chi connectivity index (χ1) is 8.83. The van der Waals surface area contributed by atoms with Crippen LogP contribution in [0.2, 0.25) is 0 Å². The molecule has 2 rings (SSSR count). The standard InChI is InChI=1S/C15H23NO2/c1-2-12-5-3-4-6-15(12)18-10-9-14(11-17)16-13-7-8-13/h3-6,13-14,16-17H,2,7-11H2,1H3. The fourth-order valence-corrected chi connectivity index (χ4v) is 2.06. The summed E-state index contributed by atoms with van der Waals surface area (Å²) in [5, 5.41) is 12.7. The molecule has 3 heteroatoms. The lowest BCUT2D eigenvalue weighted by molar-refractivity contribution is 0.207. The van der Waals surface area contributed by atoms with Crippen LogP contribution >= 0.6 is 0 Å². The second kappa shape index (κ2) is 6.76. The van der Waals surface area contributed by atoms with Crippen LogP contribution in [0.4, 0.5) is 0 Å². The maximum atomic E-state index is 9.28. The molecule has 1 aliphatic rings. The highest BCUT2D eigenvalue weighted by atomic mass is 16.5. The molecule has 0 aromatic heterocycles. The summed E-state index contributed by atoms with van der Waals surface area (Å²) in [5.74, 6) is 0.975. The Bertz CT molecular complexity index is 363. The quantitative estimate of drug-likeness (QED) is 0.741. The number of aliphatic hydroxyl groups is 1. The number of aliphatic hydroxyl groups excluding tert-OH is 1. The van der Waals surface area contributed by atoms with Crippen molar-refractivity contribution in [3.63, 3.8) is 0 Å². The normalized spacial score (nSPS) is 16.6. The first kappa shape index (κ1) is 13.4. The Balaban J connectivity index is 1.75. The number of benzene rings is 1. The summed E-state index contributed by atoms with van der Waals surface area (Å²) in [6, 6.07) is 8.95. The van der Waals surface area contributed by atoms with Gasteiger partial charge < -0.3 is 15.2 Å². The zero-order chi connectivity index (χ0) is 12.8. The van der Waals surface area contributed by atoms with Crippen LogP contribution in [0.15, 0.2) is 24.3 Å². The van der Waals surface area contributed by atoms with E-state index < -0.39 is 0 Å². The van der Waals surface area contributed by atoms with E-state index >= 15 is 0 Å². The number of hydrogen-bond donors (Lipinski definition) is 2. The highest BCUT2D eigenvalue weighted by Gasteiger charge is 2.24. The zero-order valence-electron chi connectivity index (χ0n) is 11.1. The van der Waals surface area contributed by atoms with Crippen LogP contribution in [0, 0.1) is 0 Å². The van der Waals surface area contributed by atoms with E-state index in [1.165, 1.54) is 18.4 Å². The van der Waals surface area contributed by atoms with Crippen molar-refractivity contribution >= 4 is 0 Å². The number of ether oxygens (including phenoxy) is 1. The third-order valence-electron chi connectivity index (χ3n) is 3.35. The van der Waals surface area contributed by atoms with Gasteiger partial charge in [0.1, 0.15) is 5.75 Å². The lowest BCUT2D eigenvalue weighted by atomic mass is 10.1. The molecule has 0 radical (unpaired) electrons. The van der Waals surface area contributed by atoms with E-state index in [9.17, 15) is 5.11 Å². The van der Waals surface area contributed by atoms with Crippen molar-refractivity contribution in [2.75, 3.05) is 13.2 Å². The lowest BCUT2D eigenvalue weighted by Gasteiger charge is -2.17. The first-order valence-corrected chi connectivity index (χ1v) is 6.91. The number of rotatable bonds is 8. The molecule has 18 heavy (non-hydrogen) atoms. The van der Waals surface area contributed by atoms with E-state index in [-0.39, 0.29) is 12.6 Å².